The van der Waals surface area contributed by atoms with Gasteiger partial charge in [-0.25, -0.2) is 24.5 Å². The number of piperazine rings is 1. The molecule has 198 valence electrons. The highest BCUT2D eigenvalue weighted by molar-refractivity contribution is 6.03. The van der Waals surface area contributed by atoms with E-state index in [1.54, 1.807) is 11.1 Å². The summed E-state index contributed by atoms with van der Waals surface area (Å²) in [6.45, 7) is 9.49. The number of carboxylic acid groups (broad SMARTS) is 1. The van der Waals surface area contributed by atoms with Crippen LogP contribution in [0.25, 0.3) is 5.78 Å². The number of halogens is 3. The number of amides is 2. The van der Waals surface area contributed by atoms with Crippen molar-refractivity contribution in [1.82, 2.24) is 24.7 Å². The number of hydrogen-bond donors (Lipinski definition) is 3. The lowest BCUT2D eigenvalue weighted by atomic mass is 10.1. The van der Waals surface area contributed by atoms with E-state index in [1.807, 2.05) is 30.6 Å². The number of pyridine rings is 1. The number of carbonyl (C=O) groups is 2. The van der Waals surface area contributed by atoms with E-state index in [9.17, 15) is 18.0 Å². The van der Waals surface area contributed by atoms with Crippen LogP contribution in [0.5, 0.6) is 0 Å². The maximum absolute atomic E-state index is 13.1. The van der Waals surface area contributed by atoms with E-state index in [1.165, 1.54) is 5.69 Å². The van der Waals surface area contributed by atoms with E-state index in [0.29, 0.717) is 24.1 Å². The molecule has 2 aliphatic rings. The van der Waals surface area contributed by atoms with Crippen LogP contribution in [0.2, 0.25) is 0 Å². The normalized spacial score (nSPS) is 17.3. The van der Waals surface area contributed by atoms with Crippen LogP contribution in [0.3, 0.4) is 0 Å². The molecule has 0 bridgehead atoms. The van der Waals surface area contributed by atoms with Gasteiger partial charge in [-0.15, -0.1) is 0 Å². The fourth-order valence-electron chi connectivity index (χ4n) is 4.35. The number of nitrogens with zero attached hydrogens (tertiary/aromatic N) is 6. The van der Waals surface area contributed by atoms with Crippen LogP contribution in [0, 0.1) is 13.8 Å². The molecule has 5 heterocycles. The van der Waals surface area contributed by atoms with Crippen molar-refractivity contribution >= 4 is 35.0 Å². The summed E-state index contributed by atoms with van der Waals surface area (Å²) < 4.78 is 33.6. The van der Waals surface area contributed by atoms with Gasteiger partial charge in [-0.3, -0.25) is 9.30 Å². The van der Waals surface area contributed by atoms with Gasteiger partial charge in [0.25, 0.3) is 0 Å². The molecule has 37 heavy (non-hydrogen) atoms. The van der Waals surface area contributed by atoms with Gasteiger partial charge in [0, 0.05) is 62.1 Å². The Morgan fingerprint density at radius 2 is 1.92 bits per heavy atom. The number of imidazole rings is 1. The third kappa shape index (κ3) is 5.74. The molecule has 5 rings (SSSR count). The summed E-state index contributed by atoms with van der Waals surface area (Å²) in [5.41, 5.74) is 4.63. The summed E-state index contributed by atoms with van der Waals surface area (Å²) in [6, 6.07) is 2.33. The summed E-state index contributed by atoms with van der Waals surface area (Å²) in [7, 11) is 0. The van der Waals surface area contributed by atoms with E-state index < -0.39 is 12.1 Å². The lowest BCUT2D eigenvalue weighted by molar-refractivity contribution is -0.192. The summed E-state index contributed by atoms with van der Waals surface area (Å²) >= 11 is 0. The summed E-state index contributed by atoms with van der Waals surface area (Å²) in [5, 5.41) is 13.6. The van der Waals surface area contributed by atoms with Crippen LogP contribution in [0.15, 0.2) is 24.7 Å². The number of alkyl halides is 3. The molecular weight excluding hydrogens is 493 g/mol. The Balaban J connectivity index is 0.000000405. The number of rotatable bonds is 2. The highest BCUT2D eigenvalue weighted by Crippen LogP contribution is 2.34. The average molecular weight is 521 g/mol. The lowest BCUT2D eigenvalue weighted by Crippen LogP contribution is -2.49. The standard InChI is InChI=1S/C21H26N8O.C2HF3O2/c1-13-10-27(9-7-22-13)18-4-6-23-19-16(18)5-8-29(19)21(30)26-17-12-28-11-14(2)24-20(28)25-15(17)3;3-2(4,5)1(6)7/h4,6,11-13,22H,5,7-10H2,1-3H3,(H,26,30);(H,6,7)/t13-;/m0./s1. The Bertz CT molecular complexity index is 1330. The molecule has 0 unspecified atom stereocenters. The molecule has 0 saturated carbocycles. The molecular formula is C23H27F3N8O3. The van der Waals surface area contributed by atoms with Gasteiger partial charge in [0.05, 0.1) is 17.1 Å². The summed E-state index contributed by atoms with van der Waals surface area (Å²) in [5.74, 6) is -1.38. The number of aromatic nitrogens is 4. The van der Waals surface area contributed by atoms with Crippen molar-refractivity contribution in [3.63, 3.8) is 0 Å². The molecule has 0 spiro atoms. The van der Waals surface area contributed by atoms with Crippen molar-refractivity contribution in [2.24, 2.45) is 0 Å². The molecule has 2 amide bonds. The van der Waals surface area contributed by atoms with Crippen molar-refractivity contribution in [1.29, 1.82) is 0 Å². The Morgan fingerprint density at radius 1 is 1.19 bits per heavy atom. The smallest absolute Gasteiger partial charge is 0.475 e. The van der Waals surface area contributed by atoms with Gasteiger partial charge < -0.3 is 20.6 Å². The monoisotopic (exact) mass is 520 g/mol. The number of nitrogens with one attached hydrogen (secondary N) is 2. The zero-order chi connectivity index (χ0) is 26.9. The predicted molar refractivity (Wildman–Crippen MR) is 130 cm³/mol. The molecule has 0 radical (unpaired) electrons. The zero-order valence-electron chi connectivity index (χ0n) is 20.5. The lowest BCUT2D eigenvalue weighted by Gasteiger charge is -2.34. The van der Waals surface area contributed by atoms with Crippen LogP contribution in [-0.2, 0) is 11.2 Å². The van der Waals surface area contributed by atoms with Crippen LogP contribution in [0.1, 0.15) is 23.9 Å². The van der Waals surface area contributed by atoms with Gasteiger partial charge in [0.2, 0.25) is 5.78 Å². The fourth-order valence-corrected chi connectivity index (χ4v) is 4.35. The van der Waals surface area contributed by atoms with E-state index in [2.05, 4.69) is 43.5 Å². The van der Waals surface area contributed by atoms with Crippen LogP contribution < -0.4 is 20.4 Å². The van der Waals surface area contributed by atoms with E-state index in [4.69, 9.17) is 9.90 Å². The molecule has 3 aromatic heterocycles. The molecule has 14 heteroatoms. The second kappa shape index (κ2) is 10.2. The number of hydrogen-bond acceptors (Lipinski definition) is 7. The maximum atomic E-state index is 13.1. The molecule has 3 N–H and O–H groups in total. The van der Waals surface area contributed by atoms with Gasteiger partial charge in [0.1, 0.15) is 5.82 Å². The highest BCUT2D eigenvalue weighted by Gasteiger charge is 2.38. The second-order valence-electron chi connectivity index (χ2n) is 8.90. The topological polar surface area (TPSA) is 128 Å². The predicted octanol–water partition coefficient (Wildman–Crippen LogP) is 2.77. The average Bonchev–Trinajstić information content (AvgIpc) is 3.41. The molecule has 1 atom stereocenters. The minimum atomic E-state index is -5.08. The number of carbonyl (C=O) groups excluding carboxylic acids is 1. The van der Waals surface area contributed by atoms with Crippen LogP contribution in [-0.4, -0.2) is 74.9 Å². The Morgan fingerprint density at radius 3 is 2.59 bits per heavy atom. The molecule has 11 nitrogen and oxygen atoms in total. The molecule has 0 aliphatic carbocycles. The molecule has 1 fully saturated rings. The second-order valence-corrected chi connectivity index (χ2v) is 8.90. The van der Waals surface area contributed by atoms with Gasteiger partial charge in [-0.2, -0.15) is 13.2 Å². The van der Waals surface area contributed by atoms with Crippen LogP contribution >= 0.6 is 0 Å². The minimum Gasteiger partial charge on any atom is -0.475 e. The van der Waals surface area contributed by atoms with Crippen molar-refractivity contribution in [2.75, 3.05) is 41.3 Å². The van der Waals surface area contributed by atoms with Crippen LogP contribution in [0.4, 0.5) is 35.2 Å². The minimum absolute atomic E-state index is 0.187. The third-order valence-corrected chi connectivity index (χ3v) is 6.05. The zero-order valence-corrected chi connectivity index (χ0v) is 20.5. The fraction of sp³-hybridized carbons (Fsp3) is 0.435. The Labute approximate surface area is 210 Å². The first-order chi connectivity index (χ1) is 17.4. The number of urea groups is 1. The Kier molecular flexibility index (Phi) is 7.21. The first-order valence-electron chi connectivity index (χ1n) is 11.6. The molecule has 1 saturated heterocycles. The van der Waals surface area contributed by atoms with Crippen molar-refractivity contribution < 1.29 is 27.9 Å². The van der Waals surface area contributed by atoms with Crippen molar-refractivity contribution in [2.45, 2.75) is 39.4 Å². The highest BCUT2D eigenvalue weighted by atomic mass is 19.4. The van der Waals surface area contributed by atoms with Crippen molar-refractivity contribution in [3.05, 3.63) is 41.6 Å². The number of aryl methyl sites for hydroxylation is 2. The molecule has 2 aliphatic heterocycles. The third-order valence-electron chi connectivity index (χ3n) is 6.05. The number of anilines is 3. The summed E-state index contributed by atoms with van der Waals surface area (Å²) in [6.07, 6.45) is 1.28. The van der Waals surface area contributed by atoms with Crippen molar-refractivity contribution in [3.8, 4) is 0 Å². The SMILES string of the molecule is Cc1cn2cc(NC(=O)N3CCc4c(N5CCN[C@@H](C)C5)ccnc43)c(C)nc2n1.O=C(O)C(F)(F)F. The van der Waals surface area contributed by atoms with E-state index >= 15 is 0 Å². The number of aliphatic carboxylic acids is 1. The first kappa shape index (κ1) is 26.1. The van der Waals surface area contributed by atoms with Gasteiger partial charge in [0.15, 0.2) is 0 Å². The van der Waals surface area contributed by atoms with Gasteiger partial charge in [-0.1, -0.05) is 0 Å². The molecule has 3 aromatic rings. The number of carboxylic acids is 1. The first-order valence-corrected chi connectivity index (χ1v) is 11.6. The van der Waals surface area contributed by atoms with Gasteiger partial charge >= 0.3 is 18.2 Å². The maximum Gasteiger partial charge on any atom is 0.490 e. The van der Waals surface area contributed by atoms with E-state index in [0.717, 1.165) is 48.8 Å². The summed E-state index contributed by atoms with van der Waals surface area (Å²) in [4.78, 5) is 39.5. The Hall–Kier alpha value is -3.94. The van der Waals surface area contributed by atoms with E-state index in [-0.39, 0.29) is 6.03 Å². The van der Waals surface area contributed by atoms with Gasteiger partial charge in [-0.05, 0) is 33.3 Å². The molecule has 0 aromatic carbocycles. The number of fused-ring (bicyclic) bond motifs is 2. The quantitative estimate of drug-likeness (QED) is 0.471. The largest absolute Gasteiger partial charge is 0.490 e.